The van der Waals surface area contributed by atoms with Crippen molar-refractivity contribution in [2.45, 2.75) is 19.5 Å². The van der Waals surface area contributed by atoms with Gasteiger partial charge in [0.15, 0.2) is 0 Å². The average molecular weight is 390 g/mol. The molecule has 5 heteroatoms. The second-order valence-corrected chi connectivity index (χ2v) is 7.18. The summed E-state index contributed by atoms with van der Waals surface area (Å²) in [5, 5.41) is 4.81. The van der Waals surface area contributed by atoms with Crippen LogP contribution >= 0.6 is 11.6 Å². The molecule has 0 spiro atoms. The lowest BCUT2D eigenvalue weighted by molar-refractivity contribution is -0.120. The van der Waals surface area contributed by atoms with Gasteiger partial charge in [0.05, 0.1) is 6.42 Å². The number of amides is 1. The molecule has 0 atom stereocenters. The Morgan fingerprint density at radius 2 is 1.82 bits per heavy atom. The van der Waals surface area contributed by atoms with E-state index in [1.54, 1.807) is 12.4 Å². The predicted octanol–water partition coefficient (Wildman–Crippen LogP) is 4.60. The molecule has 4 nitrogen and oxygen atoms in total. The summed E-state index contributed by atoms with van der Waals surface area (Å²) in [5.74, 6) is -0.00162. The van der Waals surface area contributed by atoms with E-state index in [9.17, 15) is 4.79 Å². The van der Waals surface area contributed by atoms with Gasteiger partial charge in [-0.2, -0.15) is 0 Å². The number of nitrogens with zero attached hydrogens (tertiary/aromatic N) is 2. The van der Waals surface area contributed by atoms with Crippen LogP contribution in [-0.4, -0.2) is 15.5 Å². The molecule has 0 bridgehead atoms. The van der Waals surface area contributed by atoms with Gasteiger partial charge < -0.3 is 9.88 Å². The van der Waals surface area contributed by atoms with Gasteiger partial charge in [-0.15, -0.1) is 0 Å². The number of fused-ring (bicyclic) bond motifs is 1. The van der Waals surface area contributed by atoms with Crippen molar-refractivity contribution >= 4 is 28.4 Å². The molecule has 0 aliphatic carbocycles. The molecule has 1 N–H and O–H groups in total. The lowest BCUT2D eigenvalue weighted by atomic mass is 10.1. The first-order valence-electron chi connectivity index (χ1n) is 9.16. The van der Waals surface area contributed by atoms with Crippen molar-refractivity contribution in [2.24, 2.45) is 0 Å². The zero-order valence-corrected chi connectivity index (χ0v) is 16.1. The van der Waals surface area contributed by atoms with E-state index < -0.39 is 0 Å². The zero-order chi connectivity index (χ0) is 19.3. The third kappa shape index (κ3) is 4.24. The Morgan fingerprint density at radius 3 is 2.61 bits per heavy atom. The minimum Gasteiger partial charge on any atom is -0.352 e. The number of pyridine rings is 1. The fraction of sp³-hybridized carbons (Fsp3) is 0.130. The summed E-state index contributed by atoms with van der Waals surface area (Å²) in [6.07, 6.45) is 5.90. The van der Waals surface area contributed by atoms with E-state index in [1.165, 1.54) is 0 Å². The van der Waals surface area contributed by atoms with Crippen LogP contribution in [0.3, 0.4) is 0 Å². The van der Waals surface area contributed by atoms with Crippen LogP contribution in [0.4, 0.5) is 0 Å². The van der Waals surface area contributed by atoms with E-state index in [0.717, 1.165) is 39.2 Å². The average Bonchev–Trinajstić information content (AvgIpc) is 3.06. The quantitative estimate of drug-likeness (QED) is 0.524. The largest absolute Gasteiger partial charge is 0.352 e. The molecule has 28 heavy (non-hydrogen) atoms. The minimum atomic E-state index is -0.00162. The van der Waals surface area contributed by atoms with E-state index in [4.69, 9.17) is 11.6 Å². The van der Waals surface area contributed by atoms with Gasteiger partial charge in [0, 0.05) is 47.6 Å². The number of aromatic nitrogens is 2. The molecule has 0 aliphatic rings. The highest BCUT2D eigenvalue weighted by Gasteiger charge is 2.12. The van der Waals surface area contributed by atoms with Crippen LogP contribution in [0.25, 0.3) is 10.9 Å². The second-order valence-electron chi connectivity index (χ2n) is 6.74. The summed E-state index contributed by atoms with van der Waals surface area (Å²) in [5.41, 5.74) is 4.29. The van der Waals surface area contributed by atoms with Crippen molar-refractivity contribution in [1.29, 1.82) is 0 Å². The maximum Gasteiger partial charge on any atom is 0.224 e. The molecule has 0 radical (unpaired) electrons. The van der Waals surface area contributed by atoms with Crippen LogP contribution in [-0.2, 0) is 24.3 Å². The van der Waals surface area contributed by atoms with Crippen LogP contribution in [0, 0.1) is 0 Å². The van der Waals surface area contributed by atoms with Crippen molar-refractivity contribution < 1.29 is 4.79 Å². The Kier molecular flexibility index (Phi) is 5.40. The first-order chi connectivity index (χ1) is 13.7. The molecule has 2 aromatic heterocycles. The molecule has 0 saturated heterocycles. The van der Waals surface area contributed by atoms with Gasteiger partial charge >= 0.3 is 0 Å². The smallest absolute Gasteiger partial charge is 0.224 e. The Balaban J connectivity index is 1.52. The van der Waals surface area contributed by atoms with Crippen LogP contribution in [0.5, 0.6) is 0 Å². The van der Waals surface area contributed by atoms with E-state index in [2.05, 4.69) is 33.2 Å². The minimum absolute atomic E-state index is 0.00162. The van der Waals surface area contributed by atoms with Gasteiger partial charge in [-0.25, -0.2) is 0 Å². The summed E-state index contributed by atoms with van der Waals surface area (Å²) < 4.78 is 2.18. The molecule has 0 unspecified atom stereocenters. The first-order valence-corrected chi connectivity index (χ1v) is 9.53. The van der Waals surface area contributed by atoms with Gasteiger partial charge in [0.25, 0.3) is 0 Å². The maximum absolute atomic E-state index is 12.5. The molecule has 2 aromatic carbocycles. The molecule has 4 aromatic rings. The van der Waals surface area contributed by atoms with Crippen LogP contribution < -0.4 is 5.32 Å². The van der Waals surface area contributed by atoms with Crippen LogP contribution in [0.2, 0.25) is 5.02 Å². The summed E-state index contributed by atoms with van der Waals surface area (Å²) in [6, 6.07) is 19.8. The summed E-state index contributed by atoms with van der Waals surface area (Å²) in [4.78, 5) is 16.6. The third-order valence-electron chi connectivity index (χ3n) is 4.70. The van der Waals surface area contributed by atoms with Crippen molar-refractivity contribution in [3.05, 3.63) is 101 Å². The van der Waals surface area contributed by atoms with Crippen molar-refractivity contribution in [1.82, 2.24) is 14.9 Å². The highest BCUT2D eigenvalue weighted by atomic mass is 35.5. The summed E-state index contributed by atoms with van der Waals surface area (Å²) in [7, 11) is 0. The molecule has 4 rings (SSSR count). The first kappa shape index (κ1) is 18.3. The highest BCUT2D eigenvalue weighted by Crippen LogP contribution is 2.23. The van der Waals surface area contributed by atoms with E-state index in [-0.39, 0.29) is 5.91 Å². The second kappa shape index (κ2) is 8.28. The maximum atomic E-state index is 12.5. The van der Waals surface area contributed by atoms with Crippen molar-refractivity contribution in [3.8, 4) is 0 Å². The number of rotatable bonds is 6. The molecule has 2 heterocycles. The molecular formula is C23H20ClN3O. The Morgan fingerprint density at radius 1 is 1.00 bits per heavy atom. The lowest BCUT2D eigenvalue weighted by Gasteiger charge is -2.05. The molecule has 140 valence electrons. The zero-order valence-electron chi connectivity index (χ0n) is 15.3. The molecule has 0 fully saturated rings. The lowest BCUT2D eigenvalue weighted by Crippen LogP contribution is -2.24. The van der Waals surface area contributed by atoms with E-state index >= 15 is 0 Å². The number of hydrogen-bond donors (Lipinski definition) is 1. The van der Waals surface area contributed by atoms with E-state index in [0.29, 0.717) is 13.0 Å². The number of benzene rings is 2. The highest BCUT2D eigenvalue weighted by molar-refractivity contribution is 6.30. The SMILES string of the molecule is O=C(Cc1cn(Cc2ccc(Cl)cc2)c2ccccc12)NCc1cccnc1. The van der Waals surface area contributed by atoms with Gasteiger partial charge in [-0.1, -0.05) is 48.0 Å². The molecule has 1 amide bonds. The topological polar surface area (TPSA) is 46.9 Å². The van der Waals surface area contributed by atoms with Crippen molar-refractivity contribution in [3.63, 3.8) is 0 Å². The van der Waals surface area contributed by atoms with Crippen LogP contribution in [0.1, 0.15) is 16.7 Å². The van der Waals surface area contributed by atoms with Gasteiger partial charge in [0.2, 0.25) is 5.91 Å². The molecule has 0 saturated carbocycles. The van der Waals surface area contributed by atoms with Gasteiger partial charge in [-0.05, 0) is 41.0 Å². The van der Waals surface area contributed by atoms with Crippen LogP contribution in [0.15, 0.2) is 79.3 Å². The Labute approximate surface area is 168 Å². The number of carbonyl (C=O) groups is 1. The number of nitrogens with one attached hydrogen (secondary N) is 1. The monoisotopic (exact) mass is 389 g/mol. The van der Waals surface area contributed by atoms with Crippen molar-refractivity contribution in [2.75, 3.05) is 0 Å². The molecular weight excluding hydrogens is 370 g/mol. The molecule has 0 aliphatic heterocycles. The fourth-order valence-electron chi connectivity index (χ4n) is 3.32. The normalized spacial score (nSPS) is 10.9. The number of carbonyl (C=O) groups excluding carboxylic acids is 1. The number of para-hydroxylation sites is 1. The number of halogens is 1. The Hall–Kier alpha value is -3.11. The number of hydrogen-bond acceptors (Lipinski definition) is 2. The standard InChI is InChI=1S/C23H20ClN3O/c24-20-9-7-17(8-10-20)15-27-16-19(21-5-1-2-6-22(21)27)12-23(28)26-14-18-4-3-11-25-13-18/h1-11,13,16H,12,14-15H2,(H,26,28). The fourth-order valence-corrected chi connectivity index (χ4v) is 3.45. The van der Waals surface area contributed by atoms with Gasteiger partial charge in [-0.3, -0.25) is 9.78 Å². The Bertz CT molecular complexity index is 1090. The summed E-state index contributed by atoms with van der Waals surface area (Å²) >= 11 is 5.99. The summed E-state index contributed by atoms with van der Waals surface area (Å²) in [6.45, 7) is 1.21. The third-order valence-corrected chi connectivity index (χ3v) is 4.95. The van der Waals surface area contributed by atoms with E-state index in [1.807, 2.05) is 48.5 Å². The van der Waals surface area contributed by atoms with Gasteiger partial charge in [0.1, 0.15) is 0 Å². The predicted molar refractivity (Wildman–Crippen MR) is 112 cm³/mol.